The zero-order chi connectivity index (χ0) is 17.1. The number of nitrogens with zero attached hydrogens (tertiary/aromatic N) is 1. The van der Waals surface area contributed by atoms with Gasteiger partial charge in [0.1, 0.15) is 0 Å². The van der Waals surface area contributed by atoms with Crippen LogP contribution in [0.25, 0.3) is 0 Å². The molecule has 2 aromatic rings. The molecule has 0 aromatic heterocycles. The van der Waals surface area contributed by atoms with Crippen LogP contribution >= 0.6 is 12.2 Å². The van der Waals surface area contributed by atoms with Gasteiger partial charge >= 0.3 is 0 Å². The van der Waals surface area contributed by atoms with Crippen molar-refractivity contribution in [1.82, 2.24) is 10.7 Å². The number of nitrogens with one attached hydrogen (secondary N) is 2. The van der Waals surface area contributed by atoms with Gasteiger partial charge in [0.15, 0.2) is 5.11 Å². The summed E-state index contributed by atoms with van der Waals surface area (Å²) in [6, 6.07) is 21.4. The first-order chi connectivity index (χ1) is 12.3. The van der Waals surface area contributed by atoms with Crippen LogP contribution in [0.5, 0.6) is 0 Å². The van der Waals surface area contributed by atoms with Gasteiger partial charge in [-0.3, -0.25) is 10.4 Å². The Hall–Kier alpha value is -2.07. The average Bonchev–Trinajstić information content (AvgIpc) is 3.26. The maximum atomic E-state index is 5.63. The molecule has 4 rings (SSSR count). The molecule has 2 aliphatic carbocycles. The minimum absolute atomic E-state index is 0.549. The number of hydrogen-bond acceptors (Lipinski definition) is 2. The SMILES string of the molecule is S=C(N[C@H]1C[C@@H]2CC[C@H]1C2)NN(Cc1ccccc1)c1ccccc1. The summed E-state index contributed by atoms with van der Waals surface area (Å²) in [6.07, 6.45) is 5.42. The van der Waals surface area contributed by atoms with Gasteiger partial charge in [-0.1, -0.05) is 55.0 Å². The van der Waals surface area contributed by atoms with E-state index in [0.29, 0.717) is 6.04 Å². The Morgan fingerprint density at radius 1 is 0.960 bits per heavy atom. The number of para-hydroxylation sites is 1. The third-order valence-corrected chi connectivity index (χ3v) is 5.75. The highest BCUT2D eigenvalue weighted by molar-refractivity contribution is 7.80. The lowest BCUT2D eigenvalue weighted by molar-refractivity contribution is 0.389. The van der Waals surface area contributed by atoms with E-state index in [1.54, 1.807) is 0 Å². The van der Waals surface area contributed by atoms with Crippen molar-refractivity contribution < 1.29 is 0 Å². The second-order valence-electron chi connectivity index (χ2n) is 7.27. The van der Waals surface area contributed by atoms with Crippen molar-refractivity contribution in [1.29, 1.82) is 0 Å². The van der Waals surface area contributed by atoms with Gasteiger partial charge in [0, 0.05) is 6.04 Å². The summed E-state index contributed by atoms with van der Waals surface area (Å²) in [5, 5.41) is 6.43. The largest absolute Gasteiger partial charge is 0.358 e. The van der Waals surface area contributed by atoms with Gasteiger partial charge in [-0.15, -0.1) is 0 Å². The molecule has 4 heteroatoms. The van der Waals surface area contributed by atoms with Crippen LogP contribution in [0.15, 0.2) is 60.7 Å². The van der Waals surface area contributed by atoms with E-state index in [1.165, 1.54) is 31.2 Å². The van der Waals surface area contributed by atoms with Crippen LogP contribution in [0.1, 0.15) is 31.2 Å². The van der Waals surface area contributed by atoms with Gasteiger partial charge in [0.25, 0.3) is 0 Å². The Bertz CT molecular complexity index is 704. The number of thiocarbonyl (C=S) groups is 1. The molecule has 2 aliphatic rings. The van der Waals surface area contributed by atoms with Crippen molar-refractivity contribution >= 4 is 23.0 Å². The molecule has 0 unspecified atom stereocenters. The molecule has 0 spiro atoms. The van der Waals surface area contributed by atoms with Crippen LogP contribution < -0.4 is 15.8 Å². The fourth-order valence-electron chi connectivity index (χ4n) is 4.31. The lowest BCUT2D eigenvalue weighted by Crippen LogP contribution is -2.51. The predicted molar refractivity (Wildman–Crippen MR) is 107 cm³/mol. The summed E-state index contributed by atoms with van der Waals surface area (Å²) >= 11 is 5.63. The molecular weight excluding hydrogens is 326 g/mol. The second-order valence-corrected chi connectivity index (χ2v) is 7.68. The predicted octanol–water partition coefficient (Wildman–Crippen LogP) is 4.26. The first kappa shape index (κ1) is 16.4. The number of hydrazine groups is 1. The molecule has 0 radical (unpaired) electrons. The summed E-state index contributed by atoms with van der Waals surface area (Å²) < 4.78 is 0. The van der Waals surface area contributed by atoms with E-state index in [9.17, 15) is 0 Å². The lowest BCUT2D eigenvalue weighted by Gasteiger charge is -2.30. The van der Waals surface area contributed by atoms with Crippen molar-refractivity contribution in [2.75, 3.05) is 5.01 Å². The normalized spacial score (nSPS) is 24.1. The Labute approximate surface area is 155 Å². The van der Waals surface area contributed by atoms with E-state index in [-0.39, 0.29) is 0 Å². The lowest BCUT2D eigenvalue weighted by atomic mass is 9.96. The van der Waals surface area contributed by atoms with E-state index >= 15 is 0 Å². The molecule has 0 aliphatic heterocycles. The molecular formula is C21H25N3S. The minimum atomic E-state index is 0.549. The number of rotatable bonds is 5. The van der Waals surface area contributed by atoms with Crippen LogP contribution in [0.2, 0.25) is 0 Å². The zero-order valence-corrected chi connectivity index (χ0v) is 15.2. The molecule has 2 fully saturated rings. The molecule has 25 heavy (non-hydrogen) atoms. The molecule has 3 atom stereocenters. The number of hydrogen-bond donors (Lipinski definition) is 2. The van der Waals surface area contributed by atoms with Crippen molar-refractivity contribution in [3.05, 3.63) is 66.2 Å². The van der Waals surface area contributed by atoms with Gasteiger partial charge in [0.05, 0.1) is 12.2 Å². The van der Waals surface area contributed by atoms with Gasteiger partial charge in [0.2, 0.25) is 0 Å². The van der Waals surface area contributed by atoms with E-state index in [1.807, 2.05) is 12.1 Å². The van der Waals surface area contributed by atoms with E-state index in [0.717, 1.165) is 29.2 Å². The maximum Gasteiger partial charge on any atom is 0.185 e. The molecule has 130 valence electrons. The summed E-state index contributed by atoms with van der Waals surface area (Å²) in [4.78, 5) is 0. The second kappa shape index (κ2) is 7.44. The van der Waals surface area contributed by atoms with Crippen LogP contribution in [0.3, 0.4) is 0 Å². The van der Waals surface area contributed by atoms with Crippen molar-refractivity contribution in [2.24, 2.45) is 11.8 Å². The molecule has 2 saturated carbocycles. The highest BCUT2D eigenvalue weighted by Gasteiger charge is 2.39. The van der Waals surface area contributed by atoms with Crippen molar-refractivity contribution in [3.63, 3.8) is 0 Å². The van der Waals surface area contributed by atoms with Crippen molar-refractivity contribution in [3.8, 4) is 0 Å². The molecule has 0 saturated heterocycles. The Kier molecular flexibility index (Phi) is 4.88. The molecule has 0 amide bonds. The quantitative estimate of drug-likeness (QED) is 0.622. The standard InChI is InChI=1S/C21H25N3S/c25-21(22-20-14-17-11-12-18(20)13-17)23-24(19-9-5-2-6-10-19)15-16-7-3-1-4-8-16/h1-10,17-18,20H,11-15H2,(H2,22,23,25)/t17-,18+,20+/m1/s1. The summed E-state index contributed by atoms with van der Waals surface area (Å²) in [5.74, 6) is 1.73. The summed E-state index contributed by atoms with van der Waals surface area (Å²) in [6.45, 7) is 0.767. The summed E-state index contributed by atoms with van der Waals surface area (Å²) in [7, 11) is 0. The average molecular weight is 352 g/mol. The van der Waals surface area contributed by atoms with Gasteiger partial charge in [-0.2, -0.15) is 0 Å². The first-order valence-electron chi connectivity index (χ1n) is 9.21. The minimum Gasteiger partial charge on any atom is -0.358 e. The fraction of sp³-hybridized carbons (Fsp3) is 0.381. The molecule has 2 N–H and O–H groups in total. The van der Waals surface area contributed by atoms with Crippen LogP contribution in [0.4, 0.5) is 5.69 Å². The zero-order valence-electron chi connectivity index (χ0n) is 14.4. The third kappa shape index (κ3) is 3.96. The summed E-state index contributed by atoms with van der Waals surface area (Å²) in [5.41, 5.74) is 5.79. The van der Waals surface area contributed by atoms with Crippen LogP contribution in [-0.4, -0.2) is 11.2 Å². The smallest absolute Gasteiger partial charge is 0.185 e. The molecule has 2 aromatic carbocycles. The Morgan fingerprint density at radius 3 is 2.32 bits per heavy atom. The van der Waals surface area contributed by atoms with Crippen molar-refractivity contribution in [2.45, 2.75) is 38.3 Å². The Morgan fingerprint density at radius 2 is 1.68 bits per heavy atom. The van der Waals surface area contributed by atoms with Crippen LogP contribution in [-0.2, 0) is 6.54 Å². The van der Waals surface area contributed by atoms with Gasteiger partial charge in [-0.05, 0) is 61.0 Å². The Balaban J connectivity index is 1.43. The highest BCUT2D eigenvalue weighted by Crippen LogP contribution is 2.44. The fourth-order valence-corrected chi connectivity index (χ4v) is 4.58. The monoisotopic (exact) mass is 351 g/mol. The van der Waals surface area contributed by atoms with Crippen LogP contribution in [0, 0.1) is 11.8 Å². The topological polar surface area (TPSA) is 27.3 Å². The highest BCUT2D eigenvalue weighted by atomic mass is 32.1. The van der Waals surface area contributed by atoms with E-state index in [4.69, 9.17) is 12.2 Å². The third-order valence-electron chi connectivity index (χ3n) is 5.54. The number of benzene rings is 2. The maximum absolute atomic E-state index is 5.63. The van der Waals surface area contributed by atoms with Gasteiger partial charge in [-0.25, -0.2) is 0 Å². The van der Waals surface area contributed by atoms with Gasteiger partial charge < -0.3 is 5.32 Å². The number of anilines is 1. The number of fused-ring (bicyclic) bond motifs is 2. The van der Waals surface area contributed by atoms with E-state index < -0.39 is 0 Å². The first-order valence-corrected chi connectivity index (χ1v) is 9.62. The molecule has 2 bridgehead atoms. The van der Waals surface area contributed by atoms with E-state index in [2.05, 4.69) is 64.3 Å². The molecule has 0 heterocycles. The molecule has 3 nitrogen and oxygen atoms in total.